The number of aromatic nitrogens is 3. The van der Waals surface area contributed by atoms with Gasteiger partial charge in [-0.1, -0.05) is 18.2 Å². The summed E-state index contributed by atoms with van der Waals surface area (Å²) in [6, 6.07) is 13.7. The second-order valence-electron chi connectivity index (χ2n) is 9.48. The number of carbonyl (C=O) groups is 2. The molecule has 1 aromatic carbocycles. The first-order valence-corrected chi connectivity index (χ1v) is 12.8. The van der Waals surface area contributed by atoms with E-state index in [0.29, 0.717) is 31.5 Å². The maximum Gasteiger partial charge on any atom is 0.259 e. The molecule has 1 N–H and O–H groups in total. The van der Waals surface area contributed by atoms with Crippen molar-refractivity contribution in [1.82, 2.24) is 29.5 Å². The number of hydrogen-bond acceptors (Lipinski definition) is 4. The number of benzene rings is 1. The van der Waals surface area contributed by atoms with Crippen LogP contribution in [0.5, 0.6) is 0 Å². The van der Waals surface area contributed by atoms with Gasteiger partial charge in [0.15, 0.2) is 5.82 Å². The molecule has 2 amide bonds. The molecule has 0 unspecified atom stereocenters. The van der Waals surface area contributed by atoms with Crippen molar-refractivity contribution in [2.75, 3.05) is 39.3 Å². The largest absolute Gasteiger partial charge is 0.356 e. The summed E-state index contributed by atoms with van der Waals surface area (Å²) in [5.41, 5.74) is 1.46. The second-order valence-corrected chi connectivity index (χ2v) is 9.48. The topological polar surface area (TPSA) is 75.4 Å². The SMILES string of the molecule is O=C(NCCCN1CCCC1)C1CCN(C(=O)c2cnn(-c3ccccc3)c2-n2cccc2)CC1. The Labute approximate surface area is 206 Å². The summed E-state index contributed by atoms with van der Waals surface area (Å²) in [6.07, 6.45) is 10.5. The highest BCUT2D eigenvalue weighted by Crippen LogP contribution is 2.24. The first-order valence-electron chi connectivity index (χ1n) is 12.8. The van der Waals surface area contributed by atoms with Crippen LogP contribution in [0.2, 0.25) is 0 Å². The molecule has 2 aliphatic heterocycles. The van der Waals surface area contributed by atoms with Crippen molar-refractivity contribution in [2.24, 2.45) is 5.92 Å². The molecule has 0 bridgehead atoms. The smallest absolute Gasteiger partial charge is 0.259 e. The third-order valence-electron chi connectivity index (χ3n) is 7.13. The molecule has 3 aromatic rings. The van der Waals surface area contributed by atoms with Crippen LogP contribution in [0.3, 0.4) is 0 Å². The van der Waals surface area contributed by atoms with E-state index in [2.05, 4.69) is 15.3 Å². The Kier molecular flexibility index (Phi) is 7.28. The normalized spacial score (nSPS) is 17.1. The molecule has 35 heavy (non-hydrogen) atoms. The molecule has 0 saturated carbocycles. The van der Waals surface area contributed by atoms with E-state index >= 15 is 0 Å². The Bertz CT molecular complexity index is 1110. The molecule has 5 rings (SSSR count). The van der Waals surface area contributed by atoms with Gasteiger partial charge in [-0.2, -0.15) is 5.10 Å². The second kappa shape index (κ2) is 10.9. The maximum atomic E-state index is 13.5. The van der Waals surface area contributed by atoms with Crippen molar-refractivity contribution in [2.45, 2.75) is 32.1 Å². The average molecular weight is 475 g/mol. The Hall–Kier alpha value is -3.39. The highest BCUT2D eigenvalue weighted by molar-refractivity contribution is 5.97. The lowest BCUT2D eigenvalue weighted by atomic mass is 9.95. The van der Waals surface area contributed by atoms with Crippen molar-refractivity contribution in [3.8, 4) is 11.5 Å². The van der Waals surface area contributed by atoms with Crippen LogP contribution in [-0.4, -0.2) is 75.2 Å². The summed E-state index contributed by atoms with van der Waals surface area (Å²) in [6.45, 7) is 5.33. The predicted molar refractivity (Wildman–Crippen MR) is 135 cm³/mol. The van der Waals surface area contributed by atoms with Gasteiger partial charge in [-0.15, -0.1) is 0 Å². The third kappa shape index (κ3) is 5.32. The Morgan fingerprint density at radius 3 is 2.37 bits per heavy atom. The molecule has 2 saturated heterocycles. The van der Waals surface area contributed by atoms with Crippen molar-refractivity contribution in [3.05, 3.63) is 66.6 Å². The highest BCUT2D eigenvalue weighted by atomic mass is 16.2. The summed E-state index contributed by atoms with van der Waals surface area (Å²) in [5.74, 6) is 0.787. The highest BCUT2D eigenvalue weighted by Gasteiger charge is 2.30. The molecule has 2 fully saturated rings. The standard InChI is InChI=1S/C27H34N6O2/c34-25(28-13-8-16-30-14-4-5-15-30)22-11-19-32(20-12-22)27(35)24-21-29-33(23-9-2-1-3-10-23)26(24)31-17-6-7-18-31/h1-3,6-7,9-10,17-18,21-22H,4-5,8,11-16,19-20H2,(H,28,34). The van der Waals surface area contributed by atoms with Gasteiger partial charge < -0.3 is 19.7 Å². The van der Waals surface area contributed by atoms with E-state index in [1.807, 2.05) is 64.3 Å². The minimum atomic E-state index is -0.0413. The van der Waals surface area contributed by atoms with Crippen LogP contribution in [0.15, 0.2) is 61.1 Å². The fourth-order valence-electron chi connectivity index (χ4n) is 5.16. The number of hydrogen-bond donors (Lipinski definition) is 1. The quantitative estimate of drug-likeness (QED) is 0.509. The number of nitrogens with zero attached hydrogens (tertiary/aromatic N) is 5. The van der Waals surface area contributed by atoms with Crippen molar-refractivity contribution < 1.29 is 9.59 Å². The number of amides is 2. The molecule has 4 heterocycles. The summed E-state index contributed by atoms with van der Waals surface area (Å²) >= 11 is 0. The summed E-state index contributed by atoms with van der Waals surface area (Å²) < 4.78 is 3.73. The molecular weight excluding hydrogens is 440 g/mol. The number of likely N-dealkylation sites (tertiary alicyclic amines) is 2. The molecule has 0 radical (unpaired) electrons. The van der Waals surface area contributed by atoms with E-state index in [-0.39, 0.29) is 17.7 Å². The minimum Gasteiger partial charge on any atom is -0.356 e. The van der Waals surface area contributed by atoms with Crippen molar-refractivity contribution in [1.29, 1.82) is 0 Å². The van der Waals surface area contributed by atoms with Gasteiger partial charge in [0.1, 0.15) is 5.56 Å². The monoisotopic (exact) mass is 474 g/mol. The van der Waals surface area contributed by atoms with Gasteiger partial charge >= 0.3 is 0 Å². The van der Waals surface area contributed by atoms with Crippen LogP contribution >= 0.6 is 0 Å². The number of para-hydroxylation sites is 1. The number of piperidine rings is 1. The number of carbonyl (C=O) groups excluding carboxylic acids is 2. The van der Waals surface area contributed by atoms with E-state index < -0.39 is 0 Å². The van der Waals surface area contributed by atoms with Gasteiger partial charge in [0.2, 0.25) is 5.91 Å². The summed E-state index contributed by atoms with van der Waals surface area (Å²) in [5, 5.41) is 7.67. The number of nitrogens with one attached hydrogen (secondary N) is 1. The van der Waals surface area contributed by atoms with Gasteiger partial charge in [-0.3, -0.25) is 9.59 Å². The Morgan fingerprint density at radius 1 is 0.943 bits per heavy atom. The summed E-state index contributed by atoms with van der Waals surface area (Å²) in [7, 11) is 0. The van der Waals surface area contributed by atoms with E-state index in [1.165, 1.54) is 25.9 Å². The van der Waals surface area contributed by atoms with Crippen LogP contribution in [0.1, 0.15) is 42.5 Å². The zero-order chi connectivity index (χ0) is 24.0. The number of rotatable bonds is 8. The first-order chi connectivity index (χ1) is 17.2. The van der Waals surface area contributed by atoms with Crippen LogP contribution in [0.25, 0.3) is 11.5 Å². The van der Waals surface area contributed by atoms with Gasteiger partial charge in [-0.25, -0.2) is 4.68 Å². The van der Waals surface area contributed by atoms with Gasteiger partial charge in [0.25, 0.3) is 5.91 Å². The Balaban J connectivity index is 1.19. The zero-order valence-corrected chi connectivity index (χ0v) is 20.2. The molecule has 8 nitrogen and oxygen atoms in total. The van der Waals surface area contributed by atoms with E-state index in [1.54, 1.807) is 10.9 Å². The van der Waals surface area contributed by atoms with Crippen molar-refractivity contribution >= 4 is 11.8 Å². The fourth-order valence-corrected chi connectivity index (χ4v) is 5.16. The molecular formula is C27H34N6O2. The van der Waals surface area contributed by atoms with Crippen LogP contribution in [0.4, 0.5) is 0 Å². The van der Waals surface area contributed by atoms with E-state index in [0.717, 1.165) is 31.0 Å². The van der Waals surface area contributed by atoms with Gasteiger partial charge in [-0.05, 0) is 76.0 Å². The van der Waals surface area contributed by atoms with Gasteiger partial charge in [0.05, 0.1) is 11.9 Å². The van der Waals surface area contributed by atoms with E-state index in [9.17, 15) is 9.59 Å². The fraction of sp³-hybridized carbons (Fsp3) is 0.444. The predicted octanol–water partition coefficient (Wildman–Crippen LogP) is 3.12. The molecule has 0 atom stereocenters. The molecule has 0 aliphatic carbocycles. The molecule has 8 heteroatoms. The van der Waals surface area contributed by atoms with E-state index in [4.69, 9.17) is 0 Å². The van der Waals surface area contributed by atoms with Gasteiger partial charge in [0, 0.05) is 37.9 Å². The molecule has 0 spiro atoms. The zero-order valence-electron chi connectivity index (χ0n) is 20.2. The lowest BCUT2D eigenvalue weighted by Crippen LogP contribution is -2.43. The Morgan fingerprint density at radius 2 is 1.66 bits per heavy atom. The lowest BCUT2D eigenvalue weighted by molar-refractivity contribution is -0.126. The van der Waals surface area contributed by atoms with Crippen LogP contribution in [-0.2, 0) is 4.79 Å². The lowest BCUT2D eigenvalue weighted by Gasteiger charge is -2.31. The summed E-state index contributed by atoms with van der Waals surface area (Å²) in [4.78, 5) is 30.5. The van der Waals surface area contributed by atoms with Crippen LogP contribution in [0, 0.1) is 5.92 Å². The maximum absolute atomic E-state index is 13.5. The first kappa shape index (κ1) is 23.4. The minimum absolute atomic E-state index is 0.0261. The molecule has 184 valence electrons. The molecule has 2 aliphatic rings. The molecule has 2 aromatic heterocycles. The average Bonchev–Trinajstić information content (AvgIpc) is 3.68. The van der Waals surface area contributed by atoms with Crippen LogP contribution < -0.4 is 5.32 Å². The third-order valence-corrected chi connectivity index (χ3v) is 7.13. The van der Waals surface area contributed by atoms with Crippen molar-refractivity contribution in [3.63, 3.8) is 0 Å².